The normalized spacial score (nSPS) is 19.8. The summed E-state index contributed by atoms with van der Waals surface area (Å²) in [6.45, 7) is 1.28. The van der Waals surface area contributed by atoms with Gasteiger partial charge in [-0.15, -0.1) is 0 Å². The van der Waals surface area contributed by atoms with Gasteiger partial charge in [0.2, 0.25) is 5.91 Å². The van der Waals surface area contributed by atoms with Crippen LogP contribution in [0.1, 0.15) is 31.2 Å². The van der Waals surface area contributed by atoms with E-state index in [1.165, 1.54) is 0 Å². The largest absolute Gasteiger partial charge is 0.496 e. The lowest BCUT2D eigenvalue weighted by atomic mass is 10.0. The predicted octanol–water partition coefficient (Wildman–Crippen LogP) is 0.951. The number of nitrogens with zero attached hydrogens (tertiary/aromatic N) is 2. The molecular formula is C23H33N5O4. The molecule has 3 rings (SSSR count). The lowest BCUT2D eigenvalue weighted by Crippen LogP contribution is -2.47. The van der Waals surface area contributed by atoms with Crippen LogP contribution >= 0.6 is 0 Å². The maximum Gasteiger partial charge on any atom is 0.263 e. The fraction of sp³-hybridized carbons (Fsp3) is 0.478. The van der Waals surface area contributed by atoms with Crippen LogP contribution in [0.15, 0.2) is 36.4 Å². The van der Waals surface area contributed by atoms with Gasteiger partial charge in [0.15, 0.2) is 0 Å². The monoisotopic (exact) mass is 443 g/mol. The van der Waals surface area contributed by atoms with Crippen LogP contribution in [0.2, 0.25) is 0 Å². The Morgan fingerprint density at radius 2 is 1.94 bits per heavy atom. The molecule has 0 bridgehead atoms. The summed E-state index contributed by atoms with van der Waals surface area (Å²) in [5.74, 6) is -0.267. The summed E-state index contributed by atoms with van der Waals surface area (Å²) in [6, 6.07) is 9.76. The Kier molecular flexibility index (Phi) is 8.03. The van der Waals surface area contributed by atoms with Gasteiger partial charge in [-0.1, -0.05) is 36.8 Å². The Balaban J connectivity index is 1.76. The van der Waals surface area contributed by atoms with Gasteiger partial charge in [-0.2, -0.15) is 0 Å². The second-order valence-electron chi connectivity index (χ2n) is 8.28. The van der Waals surface area contributed by atoms with Crippen molar-refractivity contribution in [2.24, 2.45) is 17.2 Å². The fourth-order valence-corrected chi connectivity index (χ4v) is 4.38. The van der Waals surface area contributed by atoms with E-state index in [0.717, 1.165) is 28.5 Å². The molecule has 3 atom stereocenters. The highest BCUT2D eigenvalue weighted by molar-refractivity contribution is 5.91. The van der Waals surface area contributed by atoms with Crippen molar-refractivity contribution in [2.45, 2.75) is 50.4 Å². The molecule has 9 heteroatoms. The third-order valence-electron chi connectivity index (χ3n) is 6.14. The van der Waals surface area contributed by atoms with Crippen LogP contribution in [-0.4, -0.2) is 65.3 Å². The topological polar surface area (TPSA) is 148 Å². The van der Waals surface area contributed by atoms with Crippen LogP contribution < -0.4 is 21.9 Å². The van der Waals surface area contributed by atoms with Gasteiger partial charge in [0.1, 0.15) is 5.75 Å². The van der Waals surface area contributed by atoms with Crippen LogP contribution in [-0.2, 0) is 16.1 Å². The van der Waals surface area contributed by atoms with Gasteiger partial charge in [0, 0.05) is 18.5 Å². The highest BCUT2D eigenvalue weighted by Gasteiger charge is 2.40. The zero-order chi connectivity index (χ0) is 23.3. The molecule has 2 amide bonds. The molecular weight excluding hydrogens is 410 g/mol. The fourth-order valence-electron chi connectivity index (χ4n) is 4.38. The van der Waals surface area contributed by atoms with Crippen molar-refractivity contribution in [3.05, 3.63) is 42.0 Å². The lowest BCUT2D eigenvalue weighted by molar-refractivity contribution is -0.176. The van der Waals surface area contributed by atoms with Crippen molar-refractivity contribution in [1.82, 2.24) is 9.96 Å². The number of methoxy groups -OCH3 is 1. The molecule has 0 aliphatic carbocycles. The number of nitrogens with two attached hydrogens (primary N) is 3. The number of likely N-dealkylation sites (tertiary alicyclic amines) is 1. The van der Waals surface area contributed by atoms with E-state index in [1.807, 2.05) is 41.3 Å². The van der Waals surface area contributed by atoms with Gasteiger partial charge in [-0.25, -0.2) is 5.06 Å². The predicted molar refractivity (Wildman–Crippen MR) is 122 cm³/mol. The number of rotatable bonds is 10. The Hall–Kier alpha value is -2.72. The van der Waals surface area contributed by atoms with Crippen LogP contribution in [0.3, 0.4) is 0 Å². The smallest absolute Gasteiger partial charge is 0.263 e. The van der Waals surface area contributed by atoms with Crippen LogP contribution in [0.5, 0.6) is 5.75 Å². The summed E-state index contributed by atoms with van der Waals surface area (Å²) in [6.07, 6.45) is 2.17. The minimum atomic E-state index is -0.807. The zero-order valence-corrected chi connectivity index (χ0v) is 18.4. The molecule has 1 saturated heterocycles. The van der Waals surface area contributed by atoms with Crippen LogP contribution in [0, 0.1) is 0 Å². The molecule has 1 aliphatic rings. The van der Waals surface area contributed by atoms with Crippen molar-refractivity contribution in [3.8, 4) is 5.75 Å². The van der Waals surface area contributed by atoms with E-state index in [9.17, 15) is 14.8 Å². The Bertz CT molecular complexity index is 953. The first-order valence-electron chi connectivity index (χ1n) is 10.9. The minimum absolute atomic E-state index is 0.251. The number of hydrogen-bond donors (Lipinski definition) is 4. The quantitative estimate of drug-likeness (QED) is 0.243. The van der Waals surface area contributed by atoms with E-state index in [4.69, 9.17) is 21.9 Å². The molecule has 0 spiro atoms. The molecule has 0 unspecified atom stereocenters. The number of unbranched alkanes of at least 4 members (excludes halogenated alkanes) is 1. The summed E-state index contributed by atoms with van der Waals surface area (Å²) >= 11 is 0. The number of fused-ring (bicyclic) bond motifs is 1. The zero-order valence-electron chi connectivity index (χ0n) is 18.4. The summed E-state index contributed by atoms with van der Waals surface area (Å²) in [5, 5.41) is 13.2. The standard InChI is InChI=1S/C23H33N5O4/c1-32-21-10-9-15(17-6-2-3-7-18(17)21)13-27-14-16(12-20(27)22(26)29)28(31)23(30)19(25)8-4-5-11-24/h2-3,6-7,9-10,16,19-20,31H,4-5,8,11-14,24-25H2,1H3,(H2,26,29)/t16-,19+,20+/m1/s1. The van der Waals surface area contributed by atoms with Crippen molar-refractivity contribution >= 4 is 22.6 Å². The maximum atomic E-state index is 12.6. The number of carbonyl (C=O) groups is 2. The van der Waals surface area contributed by atoms with Gasteiger partial charge in [0.25, 0.3) is 5.91 Å². The highest BCUT2D eigenvalue weighted by Crippen LogP contribution is 2.31. The average Bonchev–Trinajstić information content (AvgIpc) is 3.22. The molecule has 1 aliphatic heterocycles. The lowest BCUT2D eigenvalue weighted by Gasteiger charge is -2.25. The Morgan fingerprint density at radius 1 is 1.22 bits per heavy atom. The van der Waals surface area contributed by atoms with Crippen LogP contribution in [0.25, 0.3) is 10.8 Å². The molecule has 7 N–H and O–H groups in total. The van der Waals surface area contributed by atoms with Crippen molar-refractivity contribution in [2.75, 3.05) is 20.2 Å². The van der Waals surface area contributed by atoms with Gasteiger partial charge >= 0.3 is 0 Å². The second kappa shape index (κ2) is 10.7. The molecule has 174 valence electrons. The number of ether oxygens (including phenoxy) is 1. The summed E-state index contributed by atoms with van der Waals surface area (Å²) in [4.78, 5) is 26.6. The molecule has 1 heterocycles. The number of hydroxylamine groups is 2. The van der Waals surface area contributed by atoms with Gasteiger partial charge in [0.05, 0.1) is 25.2 Å². The number of hydrogen-bond acceptors (Lipinski definition) is 7. The third kappa shape index (κ3) is 5.18. The molecule has 0 saturated carbocycles. The third-order valence-corrected chi connectivity index (χ3v) is 6.14. The molecule has 2 aromatic carbocycles. The van der Waals surface area contributed by atoms with Crippen molar-refractivity contribution in [1.29, 1.82) is 0 Å². The van der Waals surface area contributed by atoms with Gasteiger partial charge in [-0.3, -0.25) is 19.7 Å². The molecule has 0 aromatic heterocycles. The molecule has 32 heavy (non-hydrogen) atoms. The molecule has 9 nitrogen and oxygen atoms in total. The Morgan fingerprint density at radius 3 is 2.59 bits per heavy atom. The SMILES string of the molecule is COc1ccc(CN2C[C@H](N(O)C(=O)[C@@H](N)CCCCN)C[C@H]2C(N)=O)c2ccccc12. The van der Waals surface area contributed by atoms with E-state index in [-0.39, 0.29) is 6.42 Å². The highest BCUT2D eigenvalue weighted by atomic mass is 16.5. The van der Waals surface area contributed by atoms with Gasteiger partial charge < -0.3 is 21.9 Å². The van der Waals surface area contributed by atoms with E-state index < -0.39 is 29.9 Å². The first-order valence-corrected chi connectivity index (χ1v) is 10.9. The van der Waals surface area contributed by atoms with E-state index in [1.54, 1.807) is 7.11 Å². The number of benzene rings is 2. The maximum absolute atomic E-state index is 12.6. The number of amides is 2. The van der Waals surface area contributed by atoms with Crippen molar-refractivity contribution in [3.63, 3.8) is 0 Å². The number of carbonyl (C=O) groups excluding carboxylic acids is 2. The molecule has 0 radical (unpaired) electrons. The summed E-state index contributed by atoms with van der Waals surface area (Å²) < 4.78 is 5.46. The summed E-state index contributed by atoms with van der Waals surface area (Å²) in [5.41, 5.74) is 18.1. The average molecular weight is 444 g/mol. The van der Waals surface area contributed by atoms with Crippen molar-refractivity contribution < 1.29 is 19.5 Å². The first kappa shape index (κ1) is 23.9. The van der Waals surface area contributed by atoms with Gasteiger partial charge in [-0.05, 0) is 42.8 Å². The number of primary amides is 1. The van der Waals surface area contributed by atoms with Crippen LogP contribution in [0.4, 0.5) is 0 Å². The Labute approximate surface area is 188 Å². The van der Waals surface area contributed by atoms with E-state index in [0.29, 0.717) is 37.5 Å². The minimum Gasteiger partial charge on any atom is -0.496 e. The van der Waals surface area contributed by atoms with E-state index in [2.05, 4.69) is 0 Å². The first-order chi connectivity index (χ1) is 15.4. The molecule has 2 aromatic rings. The summed E-state index contributed by atoms with van der Waals surface area (Å²) in [7, 11) is 1.63. The second-order valence-corrected chi connectivity index (χ2v) is 8.28. The molecule has 1 fully saturated rings. The van der Waals surface area contributed by atoms with E-state index >= 15 is 0 Å².